The van der Waals surface area contributed by atoms with Gasteiger partial charge < -0.3 is 19.6 Å². The Labute approximate surface area is 208 Å². The van der Waals surface area contributed by atoms with E-state index >= 15 is 0 Å². The van der Waals surface area contributed by atoms with Gasteiger partial charge >= 0.3 is 12.1 Å². The van der Waals surface area contributed by atoms with Crippen LogP contribution in [0.2, 0.25) is 0 Å². The van der Waals surface area contributed by atoms with Gasteiger partial charge in [0.05, 0.1) is 5.75 Å². The average molecular weight is 496 g/mol. The van der Waals surface area contributed by atoms with Crippen LogP contribution in [0, 0.1) is 0 Å². The Balaban J connectivity index is 1.27. The van der Waals surface area contributed by atoms with Crippen molar-refractivity contribution in [3.63, 3.8) is 0 Å². The highest BCUT2D eigenvalue weighted by Gasteiger charge is 2.29. The number of rotatable bonds is 9. The summed E-state index contributed by atoms with van der Waals surface area (Å²) in [5, 5.41) is 20.1. The molecule has 0 saturated carbocycles. The van der Waals surface area contributed by atoms with Gasteiger partial charge in [0, 0.05) is 11.3 Å². The second-order valence-electron chi connectivity index (χ2n) is 9.45. The van der Waals surface area contributed by atoms with Gasteiger partial charge in [-0.25, -0.2) is 9.59 Å². The zero-order chi connectivity index (χ0) is 25.0. The molecule has 2 aromatic carbocycles. The van der Waals surface area contributed by atoms with E-state index in [1.54, 1.807) is 0 Å². The van der Waals surface area contributed by atoms with Crippen molar-refractivity contribution in [3.8, 4) is 11.1 Å². The van der Waals surface area contributed by atoms with Gasteiger partial charge in [0.15, 0.2) is 0 Å². The number of fused-ring (bicyclic) bond motifs is 3. The van der Waals surface area contributed by atoms with Crippen LogP contribution in [0.15, 0.2) is 52.9 Å². The molecule has 1 aliphatic rings. The van der Waals surface area contributed by atoms with Crippen LogP contribution in [-0.2, 0) is 20.7 Å². The molecule has 1 atom stereocenters. The number of aromatic nitrogens is 2. The minimum atomic E-state index is -1.10. The standard InChI is InChI=1S/C26H29N3O5S/c1-26(2,3)24-29-28-22(34-24)15-35-13-12-21(23(30)31)27-25(32)33-14-20-18-10-6-4-8-16(18)17-9-5-7-11-19(17)20/h4-11,20-21H,12-15H2,1-3H3,(H,27,32)(H,30,31). The summed E-state index contributed by atoms with van der Waals surface area (Å²) in [7, 11) is 0. The van der Waals surface area contributed by atoms with Gasteiger partial charge in [-0.2, -0.15) is 11.8 Å². The van der Waals surface area contributed by atoms with Gasteiger partial charge in [0.1, 0.15) is 12.6 Å². The van der Waals surface area contributed by atoms with Gasteiger partial charge in [-0.05, 0) is 34.4 Å². The van der Waals surface area contributed by atoms with E-state index in [0.29, 0.717) is 23.3 Å². The summed E-state index contributed by atoms with van der Waals surface area (Å²) in [6.07, 6.45) is -0.499. The maximum absolute atomic E-state index is 12.5. The molecule has 2 N–H and O–H groups in total. The lowest BCUT2D eigenvalue weighted by Crippen LogP contribution is -2.41. The fourth-order valence-corrected chi connectivity index (χ4v) is 4.85. The maximum Gasteiger partial charge on any atom is 0.407 e. The highest BCUT2D eigenvalue weighted by Crippen LogP contribution is 2.44. The summed E-state index contributed by atoms with van der Waals surface area (Å²) in [6, 6.07) is 15.0. The quantitative estimate of drug-likeness (QED) is 0.399. The Bertz CT molecular complexity index is 1160. The number of thioether (sulfide) groups is 1. The van der Waals surface area contributed by atoms with Crippen molar-refractivity contribution in [3.05, 3.63) is 71.4 Å². The molecular weight excluding hydrogens is 466 g/mol. The smallest absolute Gasteiger partial charge is 0.407 e. The van der Waals surface area contributed by atoms with Crippen molar-refractivity contribution in [1.82, 2.24) is 15.5 Å². The number of carbonyl (C=O) groups excluding carboxylic acids is 1. The molecular formula is C26H29N3O5S. The lowest BCUT2D eigenvalue weighted by Gasteiger charge is -2.17. The minimum absolute atomic E-state index is 0.0839. The molecule has 0 bridgehead atoms. The zero-order valence-corrected chi connectivity index (χ0v) is 20.8. The van der Waals surface area contributed by atoms with Crippen molar-refractivity contribution in [1.29, 1.82) is 0 Å². The van der Waals surface area contributed by atoms with Crippen molar-refractivity contribution >= 4 is 23.8 Å². The number of hydrogen-bond donors (Lipinski definition) is 2. The predicted molar refractivity (Wildman–Crippen MR) is 133 cm³/mol. The lowest BCUT2D eigenvalue weighted by molar-refractivity contribution is -0.139. The zero-order valence-electron chi connectivity index (χ0n) is 20.0. The topological polar surface area (TPSA) is 115 Å². The number of nitrogens with zero attached hydrogens (tertiary/aromatic N) is 2. The summed E-state index contributed by atoms with van der Waals surface area (Å²) < 4.78 is 11.1. The van der Waals surface area contributed by atoms with Crippen LogP contribution in [0.25, 0.3) is 11.1 Å². The van der Waals surface area contributed by atoms with Crippen LogP contribution in [-0.4, -0.2) is 45.8 Å². The molecule has 3 aromatic rings. The van der Waals surface area contributed by atoms with E-state index in [0.717, 1.165) is 22.3 Å². The summed E-state index contributed by atoms with van der Waals surface area (Å²) in [4.78, 5) is 24.1. The highest BCUT2D eigenvalue weighted by molar-refractivity contribution is 7.98. The SMILES string of the molecule is CC(C)(C)c1nnc(CSCCC(NC(=O)OCC2c3ccccc3-c3ccccc32)C(=O)O)o1. The van der Waals surface area contributed by atoms with Crippen LogP contribution < -0.4 is 5.32 Å². The number of hydrogen-bond acceptors (Lipinski definition) is 7. The second-order valence-corrected chi connectivity index (χ2v) is 10.6. The lowest BCUT2D eigenvalue weighted by atomic mass is 9.97. The van der Waals surface area contributed by atoms with Crippen LogP contribution in [0.1, 0.15) is 56.0 Å². The molecule has 184 valence electrons. The number of carbonyl (C=O) groups is 2. The Morgan fingerprint density at radius 2 is 1.71 bits per heavy atom. The van der Waals surface area contributed by atoms with Crippen molar-refractivity contribution < 1.29 is 23.8 Å². The Morgan fingerprint density at radius 3 is 2.29 bits per heavy atom. The molecule has 35 heavy (non-hydrogen) atoms. The summed E-state index contributed by atoms with van der Waals surface area (Å²) in [5.74, 6) is 0.838. The maximum atomic E-state index is 12.5. The molecule has 1 heterocycles. The number of ether oxygens (including phenoxy) is 1. The molecule has 0 saturated heterocycles. The first-order chi connectivity index (χ1) is 16.7. The van der Waals surface area contributed by atoms with Crippen LogP contribution in [0.3, 0.4) is 0 Å². The van der Waals surface area contributed by atoms with E-state index in [2.05, 4.69) is 27.6 Å². The Morgan fingerprint density at radius 1 is 1.09 bits per heavy atom. The number of aliphatic carboxylic acids is 1. The third-order valence-corrected chi connectivity index (χ3v) is 6.79. The van der Waals surface area contributed by atoms with Crippen molar-refractivity contribution in [2.24, 2.45) is 0 Å². The third kappa shape index (κ3) is 5.85. The number of carboxylic acid groups (broad SMARTS) is 1. The molecule has 0 fully saturated rings. The van der Waals surface area contributed by atoms with Gasteiger partial charge in [-0.3, -0.25) is 0 Å². The van der Waals surface area contributed by atoms with E-state index in [1.807, 2.05) is 57.2 Å². The highest BCUT2D eigenvalue weighted by atomic mass is 32.2. The van der Waals surface area contributed by atoms with Crippen molar-refractivity contribution in [2.45, 2.75) is 50.3 Å². The predicted octanol–water partition coefficient (Wildman–Crippen LogP) is 4.98. The fourth-order valence-electron chi connectivity index (χ4n) is 4.02. The van der Waals surface area contributed by atoms with Crippen LogP contribution in [0.4, 0.5) is 4.79 Å². The molecule has 0 spiro atoms. The van der Waals surface area contributed by atoms with E-state index in [1.165, 1.54) is 11.8 Å². The first-order valence-electron chi connectivity index (χ1n) is 11.5. The van der Waals surface area contributed by atoms with Crippen molar-refractivity contribution in [2.75, 3.05) is 12.4 Å². The molecule has 1 aromatic heterocycles. The molecule has 9 heteroatoms. The molecule has 1 aliphatic carbocycles. The molecule has 1 unspecified atom stereocenters. The Kier molecular flexibility index (Phi) is 7.45. The summed E-state index contributed by atoms with van der Waals surface area (Å²) in [5.41, 5.74) is 4.24. The normalized spacial score (nSPS) is 13.7. The number of amides is 1. The monoisotopic (exact) mass is 495 g/mol. The largest absolute Gasteiger partial charge is 0.480 e. The number of nitrogens with one attached hydrogen (secondary N) is 1. The average Bonchev–Trinajstić information content (AvgIpc) is 3.43. The van der Waals surface area contributed by atoms with E-state index in [4.69, 9.17) is 9.15 Å². The van der Waals surface area contributed by atoms with Crippen LogP contribution >= 0.6 is 11.8 Å². The first kappa shape index (κ1) is 24.8. The molecule has 4 rings (SSSR count). The van der Waals surface area contributed by atoms with Gasteiger partial charge in [0.2, 0.25) is 11.8 Å². The summed E-state index contributed by atoms with van der Waals surface area (Å²) >= 11 is 1.47. The number of alkyl carbamates (subject to hydrolysis) is 1. The van der Waals surface area contributed by atoms with Gasteiger partial charge in [-0.15, -0.1) is 10.2 Å². The second kappa shape index (κ2) is 10.5. The molecule has 1 amide bonds. The fraction of sp³-hybridized carbons (Fsp3) is 0.385. The molecule has 0 aliphatic heterocycles. The van der Waals surface area contributed by atoms with E-state index < -0.39 is 18.1 Å². The number of carboxylic acids is 1. The Hall–Kier alpha value is -3.33. The third-order valence-electron chi connectivity index (χ3n) is 5.82. The van der Waals surface area contributed by atoms with Gasteiger partial charge in [-0.1, -0.05) is 69.3 Å². The minimum Gasteiger partial charge on any atom is -0.480 e. The van der Waals surface area contributed by atoms with E-state index in [-0.39, 0.29) is 24.4 Å². The molecule has 0 radical (unpaired) electrons. The summed E-state index contributed by atoms with van der Waals surface area (Å²) in [6.45, 7) is 6.10. The van der Waals surface area contributed by atoms with Gasteiger partial charge in [0.25, 0.3) is 0 Å². The number of benzene rings is 2. The molecule has 8 nitrogen and oxygen atoms in total. The van der Waals surface area contributed by atoms with Crippen LogP contribution in [0.5, 0.6) is 0 Å². The first-order valence-corrected chi connectivity index (χ1v) is 12.6. The van der Waals surface area contributed by atoms with E-state index in [9.17, 15) is 14.7 Å².